The van der Waals surface area contributed by atoms with Crippen LogP contribution in [0.25, 0.3) is 17.4 Å². The maximum Gasteiger partial charge on any atom is 0.267 e. The first-order chi connectivity index (χ1) is 14.6. The molecule has 3 aromatic rings. The van der Waals surface area contributed by atoms with Crippen LogP contribution in [0.1, 0.15) is 22.5 Å². The Morgan fingerprint density at radius 2 is 1.90 bits per heavy atom. The molecule has 1 aromatic carbocycles. The Balaban J connectivity index is 1.85. The number of benzene rings is 1. The maximum atomic E-state index is 12.6. The number of hydrogen-bond donors (Lipinski definition) is 3. The molecule has 7 nitrogen and oxygen atoms in total. The van der Waals surface area contributed by atoms with Gasteiger partial charge in [-0.3, -0.25) is 9.59 Å². The standard InChI is InChI=1S/C22H20ClN3O4/c23-20-17(8-4-11-24-20)19-10-9-16(30-19)14-18(22(29)25-12-5-13-27)26-21(28)15-6-2-1-3-7-15/h1-4,6-11,14,27H,5,12-13H2,(H,25,29)(H,26,28)/b18-14+. The van der Waals surface area contributed by atoms with Gasteiger partial charge in [0.25, 0.3) is 11.8 Å². The Kier molecular flexibility index (Phi) is 7.37. The van der Waals surface area contributed by atoms with Crippen LogP contribution in [0, 0.1) is 0 Å². The third-order valence-electron chi connectivity index (χ3n) is 4.09. The Hall–Kier alpha value is -3.42. The van der Waals surface area contributed by atoms with Gasteiger partial charge in [-0.2, -0.15) is 0 Å². The second-order valence-electron chi connectivity index (χ2n) is 6.26. The molecule has 3 rings (SSSR count). The zero-order chi connectivity index (χ0) is 21.3. The lowest BCUT2D eigenvalue weighted by molar-refractivity contribution is -0.117. The second-order valence-corrected chi connectivity index (χ2v) is 6.61. The van der Waals surface area contributed by atoms with Gasteiger partial charge < -0.3 is 20.2 Å². The second kappa shape index (κ2) is 10.4. The molecule has 0 aliphatic rings. The predicted octanol–water partition coefficient (Wildman–Crippen LogP) is 3.26. The molecular formula is C22H20ClN3O4. The van der Waals surface area contributed by atoms with E-state index < -0.39 is 11.8 Å². The largest absolute Gasteiger partial charge is 0.457 e. The highest BCUT2D eigenvalue weighted by atomic mass is 35.5. The van der Waals surface area contributed by atoms with Gasteiger partial charge in [0, 0.05) is 31.0 Å². The molecule has 0 aliphatic carbocycles. The molecule has 0 saturated carbocycles. The van der Waals surface area contributed by atoms with Crippen LogP contribution in [0.4, 0.5) is 0 Å². The van der Waals surface area contributed by atoms with Crippen molar-refractivity contribution in [3.63, 3.8) is 0 Å². The van der Waals surface area contributed by atoms with Crippen molar-refractivity contribution in [3.05, 3.63) is 83.0 Å². The molecule has 2 amide bonds. The van der Waals surface area contributed by atoms with E-state index in [1.807, 2.05) is 0 Å². The number of hydrogen-bond acceptors (Lipinski definition) is 5. The first kappa shape index (κ1) is 21.3. The Morgan fingerprint density at radius 1 is 1.10 bits per heavy atom. The van der Waals surface area contributed by atoms with Gasteiger partial charge in [-0.15, -0.1) is 0 Å². The fourth-order valence-corrected chi connectivity index (χ4v) is 2.82. The van der Waals surface area contributed by atoms with Gasteiger partial charge in [0.2, 0.25) is 0 Å². The maximum absolute atomic E-state index is 12.6. The number of nitrogens with zero attached hydrogens (tertiary/aromatic N) is 1. The van der Waals surface area contributed by atoms with E-state index in [0.29, 0.717) is 34.2 Å². The summed E-state index contributed by atoms with van der Waals surface area (Å²) >= 11 is 6.10. The van der Waals surface area contributed by atoms with E-state index in [4.69, 9.17) is 21.1 Å². The molecule has 0 unspecified atom stereocenters. The minimum absolute atomic E-state index is 0.0139. The number of aliphatic hydroxyl groups excluding tert-OH is 1. The molecule has 0 aliphatic heterocycles. The van der Waals surface area contributed by atoms with Crippen molar-refractivity contribution < 1.29 is 19.1 Å². The molecular weight excluding hydrogens is 406 g/mol. The number of aliphatic hydroxyl groups is 1. The van der Waals surface area contributed by atoms with E-state index in [1.54, 1.807) is 60.8 Å². The molecule has 2 heterocycles. The number of pyridine rings is 1. The summed E-state index contributed by atoms with van der Waals surface area (Å²) in [6.07, 6.45) is 3.41. The summed E-state index contributed by atoms with van der Waals surface area (Å²) in [5.74, 6) is -0.0919. The smallest absolute Gasteiger partial charge is 0.267 e. The summed E-state index contributed by atoms with van der Waals surface area (Å²) in [6, 6.07) is 15.4. The first-order valence-electron chi connectivity index (χ1n) is 9.26. The van der Waals surface area contributed by atoms with Gasteiger partial charge in [0.1, 0.15) is 22.4 Å². The number of furan rings is 1. The van der Waals surface area contributed by atoms with Crippen molar-refractivity contribution in [1.82, 2.24) is 15.6 Å². The van der Waals surface area contributed by atoms with Crippen molar-refractivity contribution >= 4 is 29.5 Å². The van der Waals surface area contributed by atoms with Crippen molar-refractivity contribution in [2.45, 2.75) is 6.42 Å². The van der Waals surface area contributed by atoms with Crippen LogP contribution < -0.4 is 10.6 Å². The zero-order valence-electron chi connectivity index (χ0n) is 16.0. The summed E-state index contributed by atoms with van der Waals surface area (Å²) in [7, 11) is 0. The van der Waals surface area contributed by atoms with Gasteiger partial charge >= 0.3 is 0 Å². The van der Waals surface area contributed by atoms with Gasteiger partial charge in [0.05, 0.1) is 5.56 Å². The quantitative estimate of drug-likeness (QED) is 0.292. The Morgan fingerprint density at radius 3 is 2.63 bits per heavy atom. The molecule has 0 radical (unpaired) electrons. The average Bonchev–Trinajstić information content (AvgIpc) is 3.22. The summed E-state index contributed by atoms with van der Waals surface area (Å²) in [4.78, 5) is 29.1. The van der Waals surface area contributed by atoms with Crippen LogP contribution in [0.3, 0.4) is 0 Å². The first-order valence-corrected chi connectivity index (χ1v) is 9.64. The van der Waals surface area contributed by atoms with E-state index >= 15 is 0 Å². The van der Waals surface area contributed by atoms with E-state index in [1.165, 1.54) is 6.08 Å². The summed E-state index contributed by atoms with van der Waals surface area (Å²) < 4.78 is 5.77. The van der Waals surface area contributed by atoms with Crippen LogP contribution in [-0.4, -0.2) is 35.1 Å². The SMILES string of the molecule is O=C(NCCCO)/C(=C\c1ccc(-c2cccnc2Cl)o1)NC(=O)c1ccccc1. The van der Waals surface area contributed by atoms with E-state index in [2.05, 4.69) is 15.6 Å². The number of halogens is 1. The lowest BCUT2D eigenvalue weighted by atomic mass is 10.2. The predicted molar refractivity (Wildman–Crippen MR) is 114 cm³/mol. The summed E-state index contributed by atoms with van der Waals surface area (Å²) in [6.45, 7) is 0.214. The normalized spacial score (nSPS) is 11.2. The monoisotopic (exact) mass is 425 g/mol. The summed E-state index contributed by atoms with van der Waals surface area (Å²) in [5.41, 5.74) is 1.04. The van der Waals surface area contributed by atoms with Gasteiger partial charge in [-0.1, -0.05) is 29.8 Å². The highest BCUT2D eigenvalue weighted by Crippen LogP contribution is 2.28. The van der Waals surface area contributed by atoms with E-state index in [9.17, 15) is 9.59 Å². The Bertz CT molecular complexity index is 1050. The van der Waals surface area contributed by atoms with Gasteiger partial charge in [-0.05, 0) is 42.8 Å². The molecule has 0 bridgehead atoms. The molecule has 154 valence electrons. The van der Waals surface area contributed by atoms with Crippen LogP contribution in [0.5, 0.6) is 0 Å². The number of amides is 2. The van der Waals surface area contributed by atoms with Crippen molar-refractivity contribution in [2.24, 2.45) is 0 Å². The molecule has 8 heteroatoms. The van der Waals surface area contributed by atoms with E-state index in [-0.39, 0.29) is 18.8 Å². The van der Waals surface area contributed by atoms with Crippen molar-refractivity contribution in [2.75, 3.05) is 13.2 Å². The Labute approximate surface area is 178 Å². The molecule has 0 fully saturated rings. The number of carbonyl (C=O) groups excluding carboxylic acids is 2. The van der Waals surface area contributed by atoms with Crippen molar-refractivity contribution in [1.29, 1.82) is 0 Å². The molecule has 0 saturated heterocycles. The van der Waals surface area contributed by atoms with Crippen molar-refractivity contribution in [3.8, 4) is 11.3 Å². The molecule has 30 heavy (non-hydrogen) atoms. The third kappa shape index (κ3) is 5.56. The van der Waals surface area contributed by atoms with Gasteiger partial charge in [-0.25, -0.2) is 4.98 Å². The van der Waals surface area contributed by atoms with Crippen LogP contribution in [0.15, 0.2) is 70.9 Å². The number of aromatic nitrogens is 1. The highest BCUT2D eigenvalue weighted by molar-refractivity contribution is 6.31. The van der Waals surface area contributed by atoms with Crippen LogP contribution >= 0.6 is 11.6 Å². The fraction of sp³-hybridized carbons (Fsp3) is 0.136. The minimum atomic E-state index is -0.495. The summed E-state index contributed by atoms with van der Waals surface area (Å²) in [5, 5.41) is 14.5. The topological polar surface area (TPSA) is 104 Å². The fourth-order valence-electron chi connectivity index (χ4n) is 2.61. The van der Waals surface area contributed by atoms with E-state index in [0.717, 1.165) is 0 Å². The molecule has 3 N–H and O–H groups in total. The highest BCUT2D eigenvalue weighted by Gasteiger charge is 2.16. The van der Waals surface area contributed by atoms with Gasteiger partial charge in [0.15, 0.2) is 0 Å². The minimum Gasteiger partial charge on any atom is -0.457 e. The molecule has 2 aromatic heterocycles. The number of nitrogens with one attached hydrogen (secondary N) is 2. The lowest BCUT2D eigenvalue weighted by Gasteiger charge is -2.10. The number of rotatable bonds is 8. The molecule has 0 spiro atoms. The number of carbonyl (C=O) groups is 2. The average molecular weight is 426 g/mol. The molecule has 0 atom stereocenters. The van der Waals surface area contributed by atoms with Crippen LogP contribution in [-0.2, 0) is 4.79 Å². The zero-order valence-corrected chi connectivity index (χ0v) is 16.7. The third-order valence-corrected chi connectivity index (χ3v) is 4.39. The van der Waals surface area contributed by atoms with Crippen LogP contribution in [0.2, 0.25) is 5.15 Å². The lowest BCUT2D eigenvalue weighted by Crippen LogP contribution is -2.35.